The Hall–Kier alpha value is -2.46. The number of aromatic nitrogens is 2. The molecule has 1 radical (unpaired) electrons. The molecular formula is C16H14N4+. The van der Waals surface area contributed by atoms with Crippen LogP contribution in [-0.2, 0) is 0 Å². The number of benzene rings is 2. The minimum Gasteiger partial charge on any atom is -0.338 e. The van der Waals surface area contributed by atoms with E-state index < -0.39 is 0 Å². The molecular weight excluding hydrogens is 248 g/mol. The molecule has 97 valence electrons. The molecule has 2 aromatic carbocycles. The Morgan fingerprint density at radius 1 is 1.05 bits per heavy atom. The Balaban J connectivity index is 1.96. The van der Waals surface area contributed by atoms with Crippen molar-refractivity contribution in [3.63, 3.8) is 0 Å². The van der Waals surface area contributed by atoms with Gasteiger partial charge in [0.2, 0.25) is 5.69 Å². The summed E-state index contributed by atoms with van der Waals surface area (Å²) < 4.78 is 0. The SMILES string of the molecule is CC1=Nc2c(-c3nc4ccccc4[nH]3)cccc2[N+]1C. The molecule has 0 saturated carbocycles. The number of hydrogen-bond donors (Lipinski definition) is 1. The lowest BCUT2D eigenvalue weighted by Crippen LogP contribution is -2.20. The third-order valence-corrected chi connectivity index (χ3v) is 3.78. The number of H-pyrrole nitrogens is 1. The second-order valence-corrected chi connectivity index (χ2v) is 4.99. The fourth-order valence-corrected chi connectivity index (χ4v) is 2.60. The molecule has 4 heteroatoms. The van der Waals surface area contributed by atoms with Gasteiger partial charge in [0, 0.05) is 18.6 Å². The van der Waals surface area contributed by atoms with E-state index in [1.807, 2.05) is 44.3 Å². The fraction of sp³-hybridized carbons (Fsp3) is 0.125. The first-order valence-corrected chi connectivity index (χ1v) is 6.61. The topological polar surface area (TPSA) is 46.9 Å². The minimum atomic E-state index is 0.870. The normalized spacial score (nSPS) is 14.6. The van der Waals surface area contributed by atoms with Gasteiger partial charge in [-0.1, -0.05) is 23.1 Å². The lowest BCUT2D eigenvalue weighted by molar-refractivity contribution is 0.911. The molecule has 0 bridgehead atoms. The zero-order chi connectivity index (χ0) is 13.7. The molecule has 1 aromatic heterocycles. The van der Waals surface area contributed by atoms with Gasteiger partial charge in [0.15, 0.2) is 0 Å². The Kier molecular flexibility index (Phi) is 2.28. The lowest BCUT2D eigenvalue weighted by Gasteiger charge is -2.01. The van der Waals surface area contributed by atoms with Crippen LogP contribution in [-0.4, -0.2) is 22.9 Å². The van der Waals surface area contributed by atoms with Gasteiger partial charge in [-0.25, -0.2) is 4.98 Å². The highest BCUT2D eigenvalue weighted by molar-refractivity contribution is 6.01. The van der Waals surface area contributed by atoms with Crippen LogP contribution < -0.4 is 4.90 Å². The largest absolute Gasteiger partial charge is 0.338 e. The number of amidine groups is 1. The molecule has 1 aliphatic heterocycles. The number of nitrogens with one attached hydrogen (secondary N) is 1. The van der Waals surface area contributed by atoms with Crippen molar-refractivity contribution in [1.82, 2.24) is 14.9 Å². The molecule has 4 rings (SSSR count). The average Bonchev–Trinajstić information content (AvgIpc) is 3.01. The van der Waals surface area contributed by atoms with Crippen molar-refractivity contribution in [3.8, 4) is 11.4 Å². The quantitative estimate of drug-likeness (QED) is 0.668. The van der Waals surface area contributed by atoms with Crippen molar-refractivity contribution < 1.29 is 0 Å². The highest BCUT2D eigenvalue weighted by Gasteiger charge is 2.31. The van der Waals surface area contributed by atoms with Gasteiger partial charge in [0.25, 0.3) is 5.84 Å². The van der Waals surface area contributed by atoms with E-state index in [9.17, 15) is 0 Å². The van der Waals surface area contributed by atoms with Gasteiger partial charge in [-0.3, -0.25) is 0 Å². The minimum absolute atomic E-state index is 0.870. The summed E-state index contributed by atoms with van der Waals surface area (Å²) in [5.41, 5.74) is 5.19. The predicted octanol–water partition coefficient (Wildman–Crippen LogP) is 3.69. The van der Waals surface area contributed by atoms with E-state index in [1.54, 1.807) is 0 Å². The Morgan fingerprint density at radius 2 is 1.90 bits per heavy atom. The van der Waals surface area contributed by atoms with E-state index in [1.165, 1.54) is 0 Å². The van der Waals surface area contributed by atoms with Gasteiger partial charge in [-0.15, -0.1) is 0 Å². The van der Waals surface area contributed by atoms with Crippen molar-refractivity contribution in [2.24, 2.45) is 4.99 Å². The van der Waals surface area contributed by atoms with Crippen LogP contribution in [0.15, 0.2) is 47.5 Å². The molecule has 3 aromatic rings. The van der Waals surface area contributed by atoms with Crippen LogP contribution in [0.25, 0.3) is 22.4 Å². The first kappa shape index (κ1) is 11.4. The lowest BCUT2D eigenvalue weighted by atomic mass is 10.1. The zero-order valence-corrected chi connectivity index (χ0v) is 11.4. The summed E-state index contributed by atoms with van der Waals surface area (Å²) in [5, 5.41) is 0. The number of aromatic amines is 1. The summed E-state index contributed by atoms with van der Waals surface area (Å²) in [6.07, 6.45) is 0. The molecule has 0 amide bonds. The Labute approximate surface area is 116 Å². The molecule has 1 N–H and O–H groups in total. The molecule has 0 saturated heterocycles. The number of anilines is 1. The first-order valence-electron chi connectivity index (χ1n) is 6.61. The Bertz CT molecular complexity index is 812. The van der Waals surface area contributed by atoms with Gasteiger partial charge in [0.05, 0.1) is 11.0 Å². The molecule has 0 aliphatic carbocycles. The molecule has 2 heterocycles. The van der Waals surface area contributed by atoms with Crippen LogP contribution in [0.1, 0.15) is 6.92 Å². The van der Waals surface area contributed by atoms with Crippen molar-refractivity contribution in [2.45, 2.75) is 6.92 Å². The number of fused-ring (bicyclic) bond motifs is 2. The van der Waals surface area contributed by atoms with Crippen molar-refractivity contribution in [2.75, 3.05) is 7.05 Å². The number of aliphatic imine (C=N–C) groups is 1. The van der Waals surface area contributed by atoms with Gasteiger partial charge in [-0.2, -0.15) is 4.99 Å². The molecule has 0 unspecified atom stereocenters. The number of hydrogen-bond acceptors (Lipinski definition) is 3. The second-order valence-electron chi connectivity index (χ2n) is 4.99. The molecule has 20 heavy (non-hydrogen) atoms. The van der Waals surface area contributed by atoms with Gasteiger partial charge in [0.1, 0.15) is 18.6 Å². The molecule has 0 spiro atoms. The number of nitrogens with zero attached hydrogens (tertiary/aromatic N) is 3. The third kappa shape index (κ3) is 1.52. The highest BCUT2D eigenvalue weighted by Crippen LogP contribution is 2.41. The van der Waals surface area contributed by atoms with E-state index in [0.29, 0.717) is 0 Å². The van der Waals surface area contributed by atoms with Gasteiger partial charge < -0.3 is 4.98 Å². The van der Waals surface area contributed by atoms with Crippen LogP contribution in [0.4, 0.5) is 11.4 Å². The maximum absolute atomic E-state index is 4.67. The van der Waals surface area contributed by atoms with E-state index >= 15 is 0 Å². The predicted molar refractivity (Wildman–Crippen MR) is 82.0 cm³/mol. The number of imidazole rings is 1. The van der Waals surface area contributed by atoms with E-state index in [-0.39, 0.29) is 0 Å². The van der Waals surface area contributed by atoms with Crippen molar-refractivity contribution in [1.29, 1.82) is 0 Å². The average molecular weight is 262 g/mol. The van der Waals surface area contributed by atoms with Crippen LogP contribution in [0.3, 0.4) is 0 Å². The van der Waals surface area contributed by atoms with Crippen LogP contribution in [0.5, 0.6) is 0 Å². The summed E-state index contributed by atoms with van der Waals surface area (Å²) in [5.74, 6) is 1.87. The van der Waals surface area contributed by atoms with Crippen LogP contribution in [0.2, 0.25) is 0 Å². The third-order valence-electron chi connectivity index (χ3n) is 3.78. The van der Waals surface area contributed by atoms with E-state index in [4.69, 9.17) is 0 Å². The standard InChI is InChI=1S/C16H14N4/c1-10-17-15-11(6-5-9-14(15)20(10)2)16-18-12-7-3-4-8-13(12)19-16/h3-9H,1-2H3,(H,18,19)/q+1. The molecule has 0 fully saturated rings. The van der Waals surface area contributed by atoms with Gasteiger partial charge >= 0.3 is 0 Å². The molecule has 4 nitrogen and oxygen atoms in total. The van der Waals surface area contributed by atoms with Gasteiger partial charge in [-0.05, 0) is 18.2 Å². The number of para-hydroxylation sites is 3. The maximum atomic E-state index is 4.67. The van der Waals surface area contributed by atoms with Crippen molar-refractivity contribution in [3.05, 3.63) is 42.5 Å². The molecule has 1 aliphatic rings. The summed E-state index contributed by atoms with van der Waals surface area (Å²) in [6, 6.07) is 14.3. The summed E-state index contributed by atoms with van der Waals surface area (Å²) in [4.78, 5) is 14.8. The summed E-state index contributed by atoms with van der Waals surface area (Å²) in [7, 11) is 2.03. The summed E-state index contributed by atoms with van der Waals surface area (Å²) >= 11 is 0. The highest BCUT2D eigenvalue weighted by atomic mass is 15.2. The monoisotopic (exact) mass is 262 g/mol. The number of rotatable bonds is 1. The zero-order valence-electron chi connectivity index (χ0n) is 11.4. The fourth-order valence-electron chi connectivity index (χ4n) is 2.60. The van der Waals surface area contributed by atoms with E-state index in [2.05, 4.69) is 32.0 Å². The van der Waals surface area contributed by atoms with Crippen LogP contribution in [0, 0.1) is 0 Å². The first-order chi connectivity index (χ1) is 9.74. The van der Waals surface area contributed by atoms with Crippen LogP contribution >= 0.6 is 0 Å². The van der Waals surface area contributed by atoms with Crippen molar-refractivity contribution >= 4 is 28.2 Å². The second kappa shape index (κ2) is 4.02. The Morgan fingerprint density at radius 3 is 2.75 bits per heavy atom. The van der Waals surface area contributed by atoms with E-state index in [0.717, 1.165) is 39.6 Å². The molecule has 0 atom stereocenters. The smallest absolute Gasteiger partial charge is 0.254 e. The summed E-state index contributed by atoms with van der Waals surface area (Å²) in [6.45, 7) is 2.02. The maximum Gasteiger partial charge on any atom is 0.254 e.